The third-order valence-corrected chi connectivity index (χ3v) is 6.86. The average Bonchev–Trinajstić information content (AvgIpc) is 3.43. The fraction of sp³-hybridized carbons (Fsp3) is 0.462. The number of benzene rings is 2. The molecule has 2 aliphatic heterocycles. The number of fused-ring (bicyclic) bond motifs is 2. The second-order valence-corrected chi connectivity index (χ2v) is 8.76. The molecule has 2 atom stereocenters. The molecule has 6 nitrogen and oxygen atoms in total. The van der Waals surface area contributed by atoms with Gasteiger partial charge in [-0.1, -0.05) is 24.3 Å². The molecule has 0 saturated carbocycles. The molecule has 2 aromatic rings. The summed E-state index contributed by atoms with van der Waals surface area (Å²) in [5.74, 6) is 1.58. The molecule has 0 radical (unpaired) electrons. The van der Waals surface area contributed by atoms with Crippen molar-refractivity contribution in [3.05, 3.63) is 58.7 Å². The maximum absolute atomic E-state index is 13.1. The summed E-state index contributed by atoms with van der Waals surface area (Å²) in [6.45, 7) is 1.80. The van der Waals surface area contributed by atoms with E-state index in [4.69, 9.17) is 18.9 Å². The van der Waals surface area contributed by atoms with E-state index in [0.29, 0.717) is 26.2 Å². The molecule has 1 aliphatic carbocycles. The van der Waals surface area contributed by atoms with Crippen LogP contribution < -0.4 is 9.47 Å². The molecule has 3 aliphatic rings. The molecule has 0 spiro atoms. The fourth-order valence-electron chi connectivity index (χ4n) is 5.10. The number of Topliss-reactive ketones (excluding diaryl/α,β-unsaturated/α-hetero) is 1. The molecule has 6 heteroatoms. The Hall–Kier alpha value is -2.86. The second kappa shape index (κ2) is 8.94. The molecular weight excluding hydrogens is 408 g/mol. The van der Waals surface area contributed by atoms with Crippen molar-refractivity contribution in [2.45, 2.75) is 44.1 Å². The number of ketones is 1. The zero-order valence-corrected chi connectivity index (χ0v) is 18.3. The lowest BCUT2D eigenvalue weighted by molar-refractivity contribution is -0.141. The van der Waals surface area contributed by atoms with Crippen molar-refractivity contribution in [2.24, 2.45) is 5.92 Å². The van der Waals surface area contributed by atoms with Crippen molar-refractivity contribution < 1.29 is 28.5 Å². The molecule has 2 heterocycles. The van der Waals surface area contributed by atoms with E-state index in [1.54, 1.807) is 0 Å². The number of carbonyl (C=O) groups excluding carboxylic acids is 2. The quantitative estimate of drug-likeness (QED) is 0.494. The van der Waals surface area contributed by atoms with Crippen LogP contribution in [0.5, 0.6) is 11.5 Å². The molecule has 5 rings (SSSR count). The molecule has 0 bridgehead atoms. The minimum absolute atomic E-state index is 0.0115. The Morgan fingerprint density at radius 2 is 1.91 bits per heavy atom. The zero-order valence-electron chi connectivity index (χ0n) is 18.3. The first kappa shape index (κ1) is 21.0. The van der Waals surface area contributed by atoms with Gasteiger partial charge in [0.25, 0.3) is 0 Å². The summed E-state index contributed by atoms with van der Waals surface area (Å²) < 4.78 is 22.4. The van der Waals surface area contributed by atoms with Crippen LogP contribution in [0.3, 0.4) is 0 Å². The third kappa shape index (κ3) is 3.99. The molecule has 32 heavy (non-hydrogen) atoms. The average molecular weight is 437 g/mol. The summed E-state index contributed by atoms with van der Waals surface area (Å²) in [5.41, 5.74) is 4.10. The monoisotopic (exact) mass is 436 g/mol. The molecule has 1 saturated heterocycles. The van der Waals surface area contributed by atoms with Crippen LogP contribution in [0.4, 0.5) is 0 Å². The number of methoxy groups -OCH3 is 1. The van der Waals surface area contributed by atoms with E-state index in [1.165, 1.54) is 7.11 Å². The normalized spacial score (nSPS) is 22.0. The number of rotatable bonds is 6. The van der Waals surface area contributed by atoms with E-state index in [0.717, 1.165) is 59.4 Å². The highest BCUT2D eigenvalue weighted by Gasteiger charge is 2.32. The van der Waals surface area contributed by atoms with Gasteiger partial charge in [0.2, 0.25) is 0 Å². The number of hydrogen-bond acceptors (Lipinski definition) is 6. The standard InChI is InChI=1S/C26H28O6/c1-29-25(27)13-17-15-31-24-14-18(5-6-19(17)24)32-23-8-7-20-21(23)3-2-4-22(20)26(28)16-9-11-30-12-10-16/h2-6,14,16-17,23H,7-13,15H2,1H3. The molecule has 0 amide bonds. The highest BCUT2D eigenvalue weighted by atomic mass is 16.5. The van der Waals surface area contributed by atoms with Crippen LogP contribution >= 0.6 is 0 Å². The Morgan fingerprint density at radius 3 is 2.72 bits per heavy atom. The van der Waals surface area contributed by atoms with Crippen molar-refractivity contribution >= 4 is 11.8 Å². The molecule has 2 unspecified atom stereocenters. The minimum Gasteiger partial charge on any atom is -0.492 e. The van der Waals surface area contributed by atoms with Gasteiger partial charge in [-0.15, -0.1) is 0 Å². The van der Waals surface area contributed by atoms with Crippen molar-refractivity contribution in [1.29, 1.82) is 0 Å². The molecular formula is C26H28O6. The molecule has 0 N–H and O–H groups in total. The van der Waals surface area contributed by atoms with Crippen LogP contribution in [0.1, 0.15) is 64.8 Å². The number of hydrogen-bond donors (Lipinski definition) is 0. The van der Waals surface area contributed by atoms with Gasteiger partial charge in [-0.3, -0.25) is 9.59 Å². The van der Waals surface area contributed by atoms with E-state index < -0.39 is 0 Å². The van der Waals surface area contributed by atoms with Gasteiger partial charge in [0.05, 0.1) is 20.1 Å². The minimum atomic E-state index is -0.236. The Balaban J connectivity index is 1.32. The highest BCUT2D eigenvalue weighted by molar-refractivity contribution is 5.99. The Labute approximate surface area is 187 Å². The van der Waals surface area contributed by atoms with Crippen molar-refractivity contribution in [2.75, 3.05) is 26.9 Å². The van der Waals surface area contributed by atoms with Gasteiger partial charge in [0, 0.05) is 42.2 Å². The Bertz CT molecular complexity index is 1020. The number of carbonyl (C=O) groups is 2. The highest BCUT2D eigenvalue weighted by Crippen LogP contribution is 2.42. The Morgan fingerprint density at radius 1 is 1.06 bits per heavy atom. The van der Waals surface area contributed by atoms with Gasteiger partial charge in [-0.05, 0) is 42.9 Å². The first-order chi connectivity index (χ1) is 15.6. The lowest BCUT2D eigenvalue weighted by atomic mass is 9.88. The summed E-state index contributed by atoms with van der Waals surface area (Å²) in [5, 5.41) is 0. The van der Waals surface area contributed by atoms with Gasteiger partial charge in [0.15, 0.2) is 5.78 Å². The van der Waals surface area contributed by atoms with E-state index in [2.05, 4.69) is 6.07 Å². The molecule has 2 aromatic carbocycles. The number of esters is 1. The van der Waals surface area contributed by atoms with Crippen LogP contribution in [0, 0.1) is 5.92 Å². The van der Waals surface area contributed by atoms with Crippen LogP contribution in [-0.4, -0.2) is 38.7 Å². The zero-order chi connectivity index (χ0) is 22.1. The van der Waals surface area contributed by atoms with E-state index >= 15 is 0 Å². The first-order valence-electron chi connectivity index (χ1n) is 11.4. The van der Waals surface area contributed by atoms with Gasteiger partial charge < -0.3 is 18.9 Å². The fourth-order valence-corrected chi connectivity index (χ4v) is 5.10. The van der Waals surface area contributed by atoms with E-state index in [-0.39, 0.29) is 29.7 Å². The van der Waals surface area contributed by atoms with Crippen molar-refractivity contribution in [3.8, 4) is 11.5 Å². The van der Waals surface area contributed by atoms with Gasteiger partial charge in [-0.25, -0.2) is 0 Å². The lowest BCUT2D eigenvalue weighted by Crippen LogP contribution is -2.24. The maximum atomic E-state index is 13.1. The summed E-state index contributed by atoms with van der Waals surface area (Å²) in [7, 11) is 1.40. The molecule has 168 valence electrons. The summed E-state index contributed by atoms with van der Waals surface area (Å²) in [4.78, 5) is 24.8. The predicted octanol–water partition coefficient (Wildman–Crippen LogP) is 4.40. The SMILES string of the molecule is COC(=O)CC1COc2cc(OC3CCc4c(C(=O)C5CCOCC5)cccc43)ccc21. The van der Waals surface area contributed by atoms with E-state index in [9.17, 15) is 9.59 Å². The largest absolute Gasteiger partial charge is 0.492 e. The summed E-state index contributed by atoms with van der Waals surface area (Å²) >= 11 is 0. The van der Waals surface area contributed by atoms with Gasteiger partial charge >= 0.3 is 5.97 Å². The molecule has 0 aromatic heterocycles. The van der Waals surface area contributed by atoms with Crippen LogP contribution in [-0.2, 0) is 20.7 Å². The topological polar surface area (TPSA) is 71.1 Å². The van der Waals surface area contributed by atoms with Crippen LogP contribution in [0.25, 0.3) is 0 Å². The summed E-state index contributed by atoms with van der Waals surface area (Å²) in [6, 6.07) is 11.8. The van der Waals surface area contributed by atoms with Crippen molar-refractivity contribution in [3.63, 3.8) is 0 Å². The van der Waals surface area contributed by atoms with Crippen LogP contribution in [0.15, 0.2) is 36.4 Å². The van der Waals surface area contributed by atoms with Crippen LogP contribution in [0.2, 0.25) is 0 Å². The maximum Gasteiger partial charge on any atom is 0.306 e. The van der Waals surface area contributed by atoms with Gasteiger partial charge in [-0.2, -0.15) is 0 Å². The number of ether oxygens (including phenoxy) is 4. The molecule has 1 fully saturated rings. The smallest absolute Gasteiger partial charge is 0.306 e. The van der Waals surface area contributed by atoms with E-state index in [1.807, 2.05) is 30.3 Å². The second-order valence-electron chi connectivity index (χ2n) is 8.76. The van der Waals surface area contributed by atoms with Crippen molar-refractivity contribution in [1.82, 2.24) is 0 Å². The Kier molecular flexibility index (Phi) is 5.87. The predicted molar refractivity (Wildman–Crippen MR) is 117 cm³/mol. The first-order valence-corrected chi connectivity index (χ1v) is 11.4. The van der Waals surface area contributed by atoms with Gasteiger partial charge in [0.1, 0.15) is 17.6 Å². The lowest BCUT2D eigenvalue weighted by Gasteiger charge is -2.22. The third-order valence-electron chi connectivity index (χ3n) is 6.86. The summed E-state index contributed by atoms with van der Waals surface area (Å²) in [6.07, 6.45) is 3.51.